The van der Waals surface area contributed by atoms with Crippen LogP contribution in [0.2, 0.25) is 0 Å². The maximum atomic E-state index is 6.64. The Labute approximate surface area is 305 Å². The monoisotopic (exact) mass is 674 g/mol. The number of aromatic nitrogens is 2. The standard InChI is InChI=1S/C50H30N2O/c1-2-13-32(14-3-1)46-49-47(44-27-24-31-12-4-5-19-38(31)48(44)53-49)52-50(51-46)37-18-11-17-35(29-37)33-15-10-16-34(28-33)36-25-26-43-41-22-7-6-20-39(41)40-21-8-9-23-42(40)45(43)30-36/h1-30H. The number of nitrogens with zero attached hydrogens (tertiary/aromatic N) is 2. The fourth-order valence-corrected chi connectivity index (χ4v) is 8.10. The maximum absolute atomic E-state index is 6.64. The van der Waals surface area contributed by atoms with Crippen LogP contribution in [0.15, 0.2) is 186 Å². The van der Waals surface area contributed by atoms with Gasteiger partial charge >= 0.3 is 0 Å². The third-order valence-corrected chi connectivity index (χ3v) is 10.6. The van der Waals surface area contributed by atoms with E-state index in [4.69, 9.17) is 14.4 Å². The van der Waals surface area contributed by atoms with Crippen LogP contribution in [0.3, 0.4) is 0 Å². The molecule has 246 valence electrons. The minimum atomic E-state index is 0.666. The van der Waals surface area contributed by atoms with Gasteiger partial charge in [0.15, 0.2) is 11.4 Å². The zero-order chi connectivity index (χ0) is 34.9. The molecular weight excluding hydrogens is 645 g/mol. The minimum absolute atomic E-state index is 0.666. The van der Waals surface area contributed by atoms with Gasteiger partial charge in [0, 0.05) is 21.9 Å². The van der Waals surface area contributed by atoms with Crippen LogP contribution in [-0.4, -0.2) is 9.97 Å². The molecule has 9 aromatic carbocycles. The molecule has 0 amide bonds. The van der Waals surface area contributed by atoms with Gasteiger partial charge < -0.3 is 4.42 Å². The zero-order valence-electron chi connectivity index (χ0n) is 28.6. The summed E-state index contributed by atoms with van der Waals surface area (Å²) in [7, 11) is 0. The minimum Gasteiger partial charge on any atom is -0.451 e. The van der Waals surface area contributed by atoms with Crippen LogP contribution in [0.1, 0.15) is 0 Å². The lowest BCUT2D eigenvalue weighted by Gasteiger charge is -2.13. The molecule has 2 heterocycles. The lowest BCUT2D eigenvalue weighted by atomic mass is 9.91. The Hall–Kier alpha value is -7.10. The summed E-state index contributed by atoms with van der Waals surface area (Å²) >= 11 is 0. The molecule has 0 saturated carbocycles. The van der Waals surface area contributed by atoms with Gasteiger partial charge in [-0.15, -0.1) is 0 Å². The summed E-state index contributed by atoms with van der Waals surface area (Å²) < 4.78 is 6.64. The van der Waals surface area contributed by atoms with Crippen molar-refractivity contribution >= 4 is 65.2 Å². The number of rotatable bonds is 4. The van der Waals surface area contributed by atoms with Crippen LogP contribution >= 0.6 is 0 Å². The largest absolute Gasteiger partial charge is 0.451 e. The van der Waals surface area contributed by atoms with Gasteiger partial charge in [-0.1, -0.05) is 158 Å². The Morgan fingerprint density at radius 2 is 0.811 bits per heavy atom. The predicted octanol–water partition coefficient (Wildman–Crippen LogP) is 13.7. The van der Waals surface area contributed by atoms with Crippen molar-refractivity contribution in [3.8, 4) is 44.9 Å². The fraction of sp³-hybridized carbons (Fsp3) is 0. The van der Waals surface area contributed by atoms with Crippen molar-refractivity contribution in [1.82, 2.24) is 9.97 Å². The highest BCUT2D eigenvalue weighted by Gasteiger charge is 2.20. The molecule has 2 aromatic heterocycles. The quantitative estimate of drug-likeness (QED) is 0.174. The first-order chi connectivity index (χ1) is 26.3. The smallest absolute Gasteiger partial charge is 0.180 e. The van der Waals surface area contributed by atoms with Gasteiger partial charge in [0.2, 0.25) is 0 Å². The Kier molecular flexibility index (Phi) is 6.55. The third-order valence-electron chi connectivity index (χ3n) is 10.6. The van der Waals surface area contributed by atoms with E-state index in [0.29, 0.717) is 11.4 Å². The van der Waals surface area contributed by atoms with Gasteiger partial charge in [0.25, 0.3) is 0 Å². The highest BCUT2D eigenvalue weighted by atomic mass is 16.3. The first kappa shape index (κ1) is 29.6. The summed E-state index contributed by atoms with van der Waals surface area (Å²) in [4.78, 5) is 10.4. The van der Waals surface area contributed by atoms with E-state index in [0.717, 1.165) is 55.2 Å². The fourth-order valence-electron chi connectivity index (χ4n) is 8.10. The second-order valence-corrected chi connectivity index (χ2v) is 13.7. The molecule has 0 bridgehead atoms. The van der Waals surface area contributed by atoms with Gasteiger partial charge in [-0.05, 0) is 84.2 Å². The normalized spacial score (nSPS) is 11.8. The molecule has 0 fully saturated rings. The molecule has 3 nitrogen and oxygen atoms in total. The van der Waals surface area contributed by atoms with Crippen molar-refractivity contribution in [2.24, 2.45) is 0 Å². The van der Waals surface area contributed by atoms with Crippen LogP contribution in [-0.2, 0) is 0 Å². The molecule has 11 rings (SSSR count). The Morgan fingerprint density at radius 1 is 0.302 bits per heavy atom. The Bertz CT molecular complexity index is 3200. The van der Waals surface area contributed by atoms with E-state index in [-0.39, 0.29) is 0 Å². The highest BCUT2D eigenvalue weighted by Crippen LogP contribution is 2.40. The van der Waals surface area contributed by atoms with Crippen LogP contribution in [0.5, 0.6) is 0 Å². The van der Waals surface area contributed by atoms with Gasteiger partial charge in [0.1, 0.15) is 16.8 Å². The summed E-state index contributed by atoms with van der Waals surface area (Å²) in [6, 6.07) is 64.6. The topological polar surface area (TPSA) is 38.9 Å². The Balaban J connectivity index is 1.05. The average molecular weight is 675 g/mol. The van der Waals surface area contributed by atoms with Crippen molar-refractivity contribution < 1.29 is 4.42 Å². The summed E-state index contributed by atoms with van der Waals surface area (Å²) in [6.45, 7) is 0. The molecule has 0 aliphatic carbocycles. The number of benzene rings is 9. The van der Waals surface area contributed by atoms with E-state index < -0.39 is 0 Å². The number of hydrogen-bond acceptors (Lipinski definition) is 3. The number of furan rings is 1. The first-order valence-corrected chi connectivity index (χ1v) is 18.0. The highest BCUT2D eigenvalue weighted by molar-refractivity contribution is 6.25. The lowest BCUT2D eigenvalue weighted by Crippen LogP contribution is -1.94. The van der Waals surface area contributed by atoms with Gasteiger partial charge in [0.05, 0.1) is 0 Å². The van der Waals surface area contributed by atoms with E-state index in [2.05, 4.69) is 158 Å². The van der Waals surface area contributed by atoms with Crippen LogP contribution < -0.4 is 0 Å². The molecular formula is C50H30N2O. The molecule has 0 radical (unpaired) electrons. The maximum Gasteiger partial charge on any atom is 0.180 e. The van der Waals surface area contributed by atoms with Gasteiger partial charge in [-0.25, -0.2) is 9.97 Å². The van der Waals surface area contributed by atoms with E-state index in [9.17, 15) is 0 Å². The Morgan fingerprint density at radius 3 is 1.51 bits per heavy atom. The summed E-state index contributed by atoms with van der Waals surface area (Å²) in [5, 5.41) is 10.9. The molecule has 0 unspecified atom stereocenters. The van der Waals surface area contributed by atoms with Crippen molar-refractivity contribution in [2.45, 2.75) is 0 Å². The van der Waals surface area contributed by atoms with Crippen molar-refractivity contribution in [3.63, 3.8) is 0 Å². The predicted molar refractivity (Wildman–Crippen MR) is 221 cm³/mol. The van der Waals surface area contributed by atoms with E-state index in [1.54, 1.807) is 0 Å². The molecule has 0 N–H and O–H groups in total. The van der Waals surface area contributed by atoms with E-state index in [1.165, 1.54) is 43.4 Å². The van der Waals surface area contributed by atoms with Crippen LogP contribution in [0, 0.1) is 0 Å². The molecule has 0 aliphatic heterocycles. The first-order valence-electron chi connectivity index (χ1n) is 18.0. The molecule has 53 heavy (non-hydrogen) atoms. The second-order valence-electron chi connectivity index (χ2n) is 13.7. The number of fused-ring (bicyclic) bond motifs is 11. The molecule has 3 heteroatoms. The summed E-state index contributed by atoms with van der Waals surface area (Å²) in [5.41, 5.74) is 9.69. The van der Waals surface area contributed by atoms with Crippen molar-refractivity contribution in [3.05, 3.63) is 182 Å². The van der Waals surface area contributed by atoms with Crippen molar-refractivity contribution in [1.29, 1.82) is 0 Å². The van der Waals surface area contributed by atoms with Crippen molar-refractivity contribution in [2.75, 3.05) is 0 Å². The summed E-state index contributed by atoms with van der Waals surface area (Å²) in [5.74, 6) is 0.666. The molecule has 0 atom stereocenters. The average Bonchev–Trinajstić information content (AvgIpc) is 3.63. The molecule has 0 aliphatic rings. The number of hydrogen-bond donors (Lipinski definition) is 0. The van der Waals surface area contributed by atoms with Crippen LogP contribution in [0.4, 0.5) is 0 Å². The molecule has 0 spiro atoms. The van der Waals surface area contributed by atoms with E-state index in [1.807, 2.05) is 24.3 Å². The molecule has 11 aromatic rings. The van der Waals surface area contributed by atoms with Crippen LogP contribution in [0.25, 0.3) is 110 Å². The molecule has 0 saturated heterocycles. The third kappa shape index (κ3) is 4.75. The van der Waals surface area contributed by atoms with Gasteiger partial charge in [-0.3, -0.25) is 0 Å². The van der Waals surface area contributed by atoms with Gasteiger partial charge in [-0.2, -0.15) is 0 Å². The summed E-state index contributed by atoms with van der Waals surface area (Å²) in [6.07, 6.45) is 0. The SMILES string of the molecule is c1ccc(-c2nc(-c3cccc(-c4cccc(-c5ccc6c7ccccc7c7ccccc7c6c5)c4)c3)nc3c2oc2c4ccccc4ccc32)cc1. The van der Waals surface area contributed by atoms with E-state index >= 15 is 0 Å². The lowest BCUT2D eigenvalue weighted by molar-refractivity contribution is 0.671. The zero-order valence-corrected chi connectivity index (χ0v) is 28.6. The second kappa shape index (κ2) is 11.7.